The van der Waals surface area contributed by atoms with Crippen LogP contribution in [-0.2, 0) is 6.54 Å². The third-order valence-corrected chi connectivity index (χ3v) is 3.73. The van der Waals surface area contributed by atoms with Crippen molar-refractivity contribution >= 4 is 15.9 Å². The lowest BCUT2D eigenvalue weighted by molar-refractivity contribution is 0.572. The van der Waals surface area contributed by atoms with Crippen molar-refractivity contribution < 1.29 is 4.39 Å². The summed E-state index contributed by atoms with van der Waals surface area (Å²) in [5.41, 5.74) is 3.03. The van der Waals surface area contributed by atoms with Crippen molar-refractivity contribution in [2.45, 2.75) is 26.4 Å². The minimum atomic E-state index is -0.148. The molecule has 0 aliphatic carbocycles. The van der Waals surface area contributed by atoms with Crippen LogP contribution in [0.1, 0.15) is 29.7 Å². The van der Waals surface area contributed by atoms with Gasteiger partial charge in [-0.3, -0.25) is 0 Å². The van der Waals surface area contributed by atoms with E-state index in [-0.39, 0.29) is 11.9 Å². The summed E-state index contributed by atoms with van der Waals surface area (Å²) in [7, 11) is 0. The van der Waals surface area contributed by atoms with Crippen molar-refractivity contribution in [3.63, 3.8) is 0 Å². The van der Waals surface area contributed by atoms with Crippen molar-refractivity contribution in [2.75, 3.05) is 0 Å². The van der Waals surface area contributed by atoms with Gasteiger partial charge in [0, 0.05) is 17.1 Å². The number of rotatable bonds is 4. The molecule has 0 fully saturated rings. The highest BCUT2D eigenvalue weighted by molar-refractivity contribution is 9.10. The average molecular weight is 322 g/mol. The average Bonchev–Trinajstić information content (AvgIpc) is 2.40. The van der Waals surface area contributed by atoms with Crippen LogP contribution in [0.4, 0.5) is 4.39 Å². The maximum atomic E-state index is 13.2. The molecule has 0 spiro atoms. The molecular formula is C16H17BrFN. The van der Waals surface area contributed by atoms with Crippen molar-refractivity contribution in [3.8, 4) is 0 Å². The second-order valence-corrected chi connectivity index (χ2v) is 5.65. The molecule has 0 amide bonds. The fourth-order valence-corrected chi connectivity index (χ4v) is 2.22. The number of benzene rings is 2. The van der Waals surface area contributed by atoms with Crippen LogP contribution in [0, 0.1) is 12.7 Å². The summed E-state index contributed by atoms with van der Waals surface area (Å²) < 4.78 is 14.3. The van der Waals surface area contributed by atoms with E-state index in [0.717, 1.165) is 16.6 Å². The Kier molecular flexibility index (Phi) is 4.72. The molecule has 1 N–H and O–H groups in total. The Balaban J connectivity index is 1.98. The number of nitrogens with one attached hydrogen (secondary N) is 1. The highest BCUT2D eigenvalue weighted by Crippen LogP contribution is 2.17. The van der Waals surface area contributed by atoms with E-state index in [1.807, 2.05) is 24.3 Å². The maximum absolute atomic E-state index is 13.2. The van der Waals surface area contributed by atoms with Crippen LogP contribution in [0.25, 0.3) is 0 Å². The van der Waals surface area contributed by atoms with Gasteiger partial charge in [0.25, 0.3) is 0 Å². The van der Waals surface area contributed by atoms with E-state index in [0.29, 0.717) is 5.56 Å². The van der Waals surface area contributed by atoms with Crippen LogP contribution in [0.15, 0.2) is 46.9 Å². The largest absolute Gasteiger partial charge is 0.306 e. The molecule has 1 nitrogen and oxygen atoms in total. The van der Waals surface area contributed by atoms with Gasteiger partial charge in [-0.05, 0) is 48.7 Å². The summed E-state index contributed by atoms with van der Waals surface area (Å²) in [6.07, 6.45) is 0. The summed E-state index contributed by atoms with van der Waals surface area (Å²) >= 11 is 3.43. The molecule has 2 rings (SSSR count). The summed E-state index contributed by atoms with van der Waals surface area (Å²) in [5.74, 6) is -0.148. The van der Waals surface area contributed by atoms with Crippen LogP contribution in [-0.4, -0.2) is 0 Å². The number of aryl methyl sites for hydroxylation is 1. The number of hydrogen-bond donors (Lipinski definition) is 1. The number of halogens is 2. The second kappa shape index (κ2) is 6.31. The van der Waals surface area contributed by atoms with Crippen molar-refractivity contribution in [2.24, 2.45) is 0 Å². The van der Waals surface area contributed by atoms with Gasteiger partial charge in [-0.15, -0.1) is 0 Å². The third kappa shape index (κ3) is 3.88. The van der Waals surface area contributed by atoms with E-state index in [4.69, 9.17) is 0 Å². The molecule has 0 radical (unpaired) electrons. The first kappa shape index (κ1) is 14.2. The summed E-state index contributed by atoms with van der Waals surface area (Å²) in [5, 5.41) is 3.44. The van der Waals surface area contributed by atoms with Crippen molar-refractivity contribution in [1.82, 2.24) is 5.32 Å². The van der Waals surface area contributed by atoms with Crippen LogP contribution in [0.2, 0.25) is 0 Å². The zero-order valence-corrected chi connectivity index (χ0v) is 12.7. The Morgan fingerprint density at radius 2 is 1.84 bits per heavy atom. The van der Waals surface area contributed by atoms with Gasteiger partial charge in [0.1, 0.15) is 5.82 Å². The Bertz CT molecular complexity index is 551. The summed E-state index contributed by atoms with van der Waals surface area (Å²) in [6, 6.07) is 13.8. The molecule has 0 saturated carbocycles. The molecule has 100 valence electrons. The zero-order valence-electron chi connectivity index (χ0n) is 11.1. The summed E-state index contributed by atoms with van der Waals surface area (Å²) in [6.45, 7) is 4.65. The summed E-state index contributed by atoms with van der Waals surface area (Å²) in [4.78, 5) is 0. The van der Waals surface area contributed by atoms with Gasteiger partial charge >= 0.3 is 0 Å². The van der Waals surface area contributed by atoms with E-state index in [9.17, 15) is 4.39 Å². The molecule has 0 heterocycles. The van der Waals surface area contributed by atoms with E-state index < -0.39 is 0 Å². The lowest BCUT2D eigenvalue weighted by atomic mass is 10.1. The molecule has 0 bridgehead atoms. The fourth-order valence-electron chi connectivity index (χ4n) is 1.96. The van der Waals surface area contributed by atoms with Gasteiger partial charge < -0.3 is 5.32 Å². The van der Waals surface area contributed by atoms with Gasteiger partial charge in [-0.2, -0.15) is 0 Å². The fraction of sp³-hybridized carbons (Fsp3) is 0.250. The maximum Gasteiger partial charge on any atom is 0.126 e. The molecule has 0 aliphatic rings. The molecule has 3 heteroatoms. The lowest BCUT2D eigenvalue weighted by Gasteiger charge is -2.14. The van der Waals surface area contributed by atoms with Crippen LogP contribution < -0.4 is 5.32 Å². The molecule has 2 aromatic rings. The first-order chi connectivity index (χ1) is 9.06. The van der Waals surface area contributed by atoms with Gasteiger partial charge in [0.05, 0.1) is 0 Å². The Hall–Kier alpha value is -1.19. The first-order valence-corrected chi connectivity index (χ1v) is 7.09. The molecule has 0 aromatic heterocycles. The molecular weight excluding hydrogens is 305 g/mol. The topological polar surface area (TPSA) is 12.0 Å². The van der Waals surface area contributed by atoms with E-state index in [2.05, 4.69) is 40.3 Å². The molecule has 19 heavy (non-hydrogen) atoms. The second-order valence-electron chi connectivity index (χ2n) is 4.74. The molecule has 0 aliphatic heterocycles. The predicted molar refractivity (Wildman–Crippen MR) is 80.5 cm³/mol. The Morgan fingerprint density at radius 3 is 2.47 bits per heavy atom. The quantitative estimate of drug-likeness (QED) is 0.857. The van der Waals surface area contributed by atoms with E-state index >= 15 is 0 Å². The van der Waals surface area contributed by atoms with Crippen LogP contribution >= 0.6 is 15.9 Å². The Labute approximate surface area is 122 Å². The van der Waals surface area contributed by atoms with Crippen LogP contribution in [0.5, 0.6) is 0 Å². The molecule has 2 aromatic carbocycles. The minimum absolute atomic E-state index is 0.148. The van der Waals surface area contributed by atoms with Gasteiger partial charge in [-0.1, -0.05) is 40.2 Å². The van der Waals surface area contributed by atoms with Crippen molar-refractivity contribution in [1.29, 1.82) is 0 Å². The highest BCUT2D eigenvalue weighted by Gasteiger charge is 2.05. The van der Waals surface area contributed by atoms with Crippen LogP contribution in [0.3, 0.4) is 0 Å². The predicted octanol–water partition coefficient (Wildman–Crippen LogP) is 4.75. The minimum Gasteiger partial charge on any atom is -0.306 e. The molecule has 1 atom stereocenters. The zero-order chi connectivity index (χ0) is 13.8. The Morgan fingerprint density at radius 1 is 1.16 bits per heavy atom. The molecule has 0 saturated heterocycles. The van der Waals surface area contributed by atoms with E-state index in [1.165, 1.54) is 11.6 Å². The first-order valence-electron chi connectivity index (χ1n) is 6.30. The molecule has 0 unspecified atom stereocenters. The van der Waals surface area contributed by atoms with Gasteiger partial charge in [0.15, 0.2) is 0 Å². The van der Waals surface area contributed by atoms with Gasteiger partial charge in [-0.25, -0.2) is 4.39 Å². The van der Waals surface area contributed by atoms with Crippen molar-refractivity contribution in [3.05, 3.63) is 69.4 Å². The monoisotopic (exact) mass is 321 g/mol. The van der Waals surface area contributed by atoms with E-state index in [1.54, 1.807) is 6.92 Å². The standard InChI is InChI=1S/C16H17BrFN/c1-11-9-13(3-8-16(11)18)10-19-12(2)14-4-6-15(17)7-5-14/h3-9,12,19H,10H2,1-2H3/t12-/m1/s1. The SMILES string of the molecule is Cc1cc(CN[C@H](C)c2ccc(Br)cc2)ccc1F. The highest BCUT2D eigenvalue weighted by atomic mass is 79.9. The third-order valence-electron chi connectivity index (χ3n) is 3.20. The van der Waals surface area contributed by atoms with Gasteiger partial charge in [0.2, 0.25) is 0 Å². The normalized spacial score (nSPS) is 12.4. The lowest BCUT2D eigenvalue weighted by Crippen LogP contribution is -2.18. The number of hydrogen-bond acceptors (Lipinski definition) is 1. The smallest absolute Gasteiger partial charge is 0.126 e.